The quantitative estimate of drug-likeness (QED) is 0.645. The van der Waals surface area contributed by atoms with Gasteiger partial charge in [-0.25, -0.2) is 0 Å². The molecule has 18 heavy (non-hydrogen) atoms. The Labute approximate surface area is 112 Å². The van der Waals surface area contributed by atoms with Crippen molar-refractivity contribution in [3.05, 3.63) is 30.1 Å². The maximum absolute atomic E-state index is 4.34. The second kappa shape index (κ2) is 10.0. The van der Waals surface area contributed by atoms with Crippen molar-refractivity contribution < 1.29 is 0 Å². The lowest BCUT2D eigenvalue weighted by Gasteiger charge is -2.16. The summed E-state index contributed by atoms with van der Waals surface area (Å²) in [6.45, 7) is 6.67. The SMILES string of the molecule is CCCCCNCCN(C)CCc1ccccn1. The van der Waals surface area contributed by atoms with Crippen LogP contribution >= 0.6 is 0 Å². The lowest BCUT2D eigenvalue weighted by Crippen LogP contribution is -2.31. The van der Waals surface area contributed by atoms with Crippen LogP contribution in [0.5, 0.6) is 0 Å². The summed E-state index contributed by atoms with van der Waals surface area (Å²) in [7, 11) is 2.18. The molecule has 0 saturated heterocycles. The van der Waals surface area contributed by atoms with Crippen LogP contribution in [-0.4, -0.2) is 43.1 Å². The third kappa shape index (κ3) is 7.41. The van der Waals surface area contributed by atoms with Gasteiger partial charge in [-0.15, -0.1) is 0 Å². The molecule has 0 fully saturated rings. The summed E-state index contributed by atoms with van der Waals surface area (Å²) in [4.78, 5) is 6.70. The molecule has 0 unspecified atom stereocenters. The Bertz CT molecular complexity index is 287. The van der Waals surface area contributed by atoms with Gasteiger partial charge in [0.15, 0.2) is 0 Å². The van der Waals surface area contributed by atoms with E-state index in [9.17, 15) is 0 Å². The van der Waals surface area contributed by atoms with Crippen LogP contribution in [-0.2, 0) is 6.42 Å². The van der Waals surface area contributed by atoms with E-state index in [1.165, 1.54) is 25.0 Å². The molecule has 0 spiro atoms. The van der Waals surface area contributed by atoms with E-state index in [0.717, 1.165) is 32.6 Å². The molecular formula is C15H27N3. The Morgan fingerprint density at radius 1 is 1.17 bits per heavy atom. The summed E-state index contributed by atoms with van der Waals surface area (Å²) in [6.07, 6.45) is 6.83. The van der Waals surface area contributed by atoms with E-state index >= 15 is 0 Å². The van der Waals surface area contributed by atoms with Crippen LogP contribution in [0, 0.1) is 0 Å². The van der Waals surface area contributed by atoms with Crippen molar-refractivity contribution in [3.63, 3.8) is 0 Å². The Hall–Kier alpha value is -0.930. The highest BCUT2D eigenvalue weighted by Gasteiger charge is 1.99. The van der Waals surface area contributed by atoms with Gasteiger partial charge in [0.2, 0.25) is 0 Å². The summed E-state index contributed by atoms with van der Waals surface area (Å²) in [5.74, 6) is 0. The molecule has 0 aliphatic heterocycles. The third-order valence-electron chi connectivity index (χ3n) is 3.10. The standard InChI is InChI=1S/C15H27N3/c1-3-4-6-10-16-12-14-18(2)13-9-15-8-5-7-11-17-15/h5,7-8,11,16H,3-4,6,9-10,12-14H2,1-2H3. The first-order valence-electron chi connectivity index (χ1n) is 7.12. The second-order valence-electron chi connectivity index (χ2n) is 4.83. The Morgan fingerprint density at radius 2 is 2.06 bits per heavy atom. The second-order valence-corrected chi connectivity index (χ2v) is 4.83. The van der Waals surface area contributed by atoms with Gasteiger partial charge in [-0.2, -0.15) is 0 Å². The van der Waals surface area contributed by atoms with Crippen LogP contribution in [0.15, 0.2) is 24.4 Å². The zero-order valence-corrected chi connectivity index (χ0v) is 11.9. The molecule has 0 saturated carbocycles. The molecule has 102 valence electrons. The molecule has 3 heteroatoms. The summed E-state index contributed by atoms with van der Waals surface area (Å²) in [5, 5.41) is 3.49. The Morgan fingerprint density at radius 3 is 2.78 bits per heavy atom. The Balaban J connectivity index is 1.99. The molecule has 1 rings (SSSR count). The molecule has 1 heterocycles. The average Bonchev–Trinajstić information content (AvgIpc) is 2.41. The highest BCUT2D eigenvalue weighted by molar-refractivity contribution is 5.03. The fourth-order valence-corrected chi connectivity index (χ4v) is 1.86. The van der Waals surface area contributed by atoms with E-state index in [2.05, 4.69) is 41.3 Å². The first-order valence-corrected chi connectivity index (χ1v) is 7.12. The van der Waals surface area contributed by atoms with Crippen molar-refractivity contribution in [1.82, 2.24) is 15.2 Å². The highest BCUT2D eigenvalue weighted by Crippen LogP contribution is 1.96. The molecule has 0 aliphatic rings. The van der Waals surface area contributed by atoms with Crippen molar-refractivity contribution in [2.75, 3.05) is 33.2 Å². The van der Waals surface area contributed by atoms with Gasteiger partial charge in [-0.3, -0.25) is 4.98 Å². The zero-order chi connectivity index (χ0) is 13.1. The van der Waals surface area contributed by atoms with Crippen molar-refractivity contribution in [1.29, 1.82) is 0 Å². The van der Waals surface area contributed by atoms with E-state index < -0.39 is 0 Å². The number of unbranched alkanes of at least 4 members (excludes halogenated alkanes) is 2. The fourth-order valence-electron chi connectivity index (χ4n) is 1.86. The van der Waals surface area contributed by atoms with Gasteiger partial charge in [0.1, 0.15) is 0 Å². The highest BCUT2D eigenvalue weighted by atomic mass is 15.1. The summed E-state index contributed by atoms with van der Waals surface area (Å²) in [6, 6.07) is 6.11. The van der Waals surface area contributed by atoms with Gasteiger partial charge in [-0.05, 0) is 32.1 Å². The zero-order valence-electron chi connectivity index (χ0n) is 11.9. The number of nitrogens with zero attached hydrogens (tertiary/aromatic N) is 2. The Kier molecular flexibility index (Phi) is 8.43. The monoisotopic (exact) mass is 249 g/mol. The van der Waals surface area contributed by atoms with Crippen LogP contribution in [0.1, 0.15) is 31.9 Å². The van der Waals surface area contributed by atoms with Crippen molar-refractivity contribution in [2.45, 2.75) is 32.6 Å². The number of rotatable bonds is 10. The van der Waals surface area contributed by atoms with Crippen molar-refractivity contribution >= 4 is 0 Å². The van der Waals surface area contributed by atoms with Gasteiger partial charge in [-0.1, -0.05) is 25.8 Å². The molecule has 0 aliphatic carbocycles. The smallest absolute Gasteiger partial charge is 0.0416 e. The molecule has 0 atom stereocenters. The van der Waals surface area contributed by atoms with Crippen molar-refractivity contribution in [2.24, 2.45) is 0 Å². The van der Waals surface area contributed by atoms with Crippen LogP contribution in [0.2, 0.25) is 0 Å². The van der Waals surface area contributed by atoms with Gasteiger partial charge in [0.25, 0.3) is 0 Å². The molecule has 0 bridgehead atoms. The minimum Gasteiger partial charge on any atom is -0.315 e. The minimum absolute atomic E-state index is 1.03. The normalized spacial score (nSPS) is 11.1. The first kappa shape index (κ1) is 15.1. The lowest BCUT2D eigenvalue weighted by molar-refractivity contribution is 0.334. The summed E-state index contributed by atoms with van der Waals surface area (Å²) < 4.78 is 0. The van der Waals surface area contributed by atoms with Gasteiger partial charge >= 0.3 is 0 Å². The molecule has 3 nitrogen and oxygen atoms in total. The third-order valence-corrected chi connectivity index (χ3v) is 3.10. The number of hydrogen-bond acceptors (Lipinski definition) is 3. The number of aromatic nitrogens is 1. The molecule has 0 radical (unpaired) electrons. The predicted octanol–water partition coefficient (Wildman–Crippen LogP) is 2.34. The maximum Gasteiger partial charge on any atom is 0.0416 e. The maximum atomic E-state index is 4.34. The van der Waals surface area contributed by atoms with Crippen LogP contribution in [0.25, 0.3) is 0 Å². The number of nitrogens with one attached hydrogen (secondary N) is 1. The number of likely N-dealkylation sites (N-methyl/N-ethyl adjacent to an activating group) is 1. The summed E-state index contributed by atoms with van der Waals surface area (Å²) >= 11 is 0. The van der Waals surface area contributed by atoms with Crippen LogP contribution in [0.3, 0.4) is 0 Å². The molecule has 0 aromatic carbocycles. The fraction of sp³-hybridized carbons (Fsp3) is 0.667. The molecular weight excluding hydrogens is 222 g/mol. The number of pyridine rings is 1. The minimum atomic E-state index is 1.03. The molecule has 1 N–H and O–H groups in total. The van der Waals surface area contributed by atoms with E-state index in [0.29, 0.717) is 0 Å². The van der Waals surface area contributed by atoms with Gasteiger partial charge in [0, 0.05) is 37.9 Å². The largest absolute Gasteiger partial charge is 0.315 e. The van der Waals surface area contributed by atoms with Gasteiger partial charge in [0.05, 0.1) is 0 Å². The van der Waals surface area contributed by atoms with Crippen molar-refractivity contribution in [3.8, 4) is 0 Å². The first-order chi connectivity index (χ1) is 8.83. The molecule has 0 amide bonds. The van der Waals surface area contributed by atoms with Crippen LogP contribution in [0.4, 0.5) is 0 Å². The van der Waals surface area contributed by atoms with E-state index in [-0.39, 0.29) is 0 Å². The number of hydrogen-bond donors (Lipinski definition) is 1. The lowest BCUT2D eigenvalue weighted by atomic mass is 10.2. The average molecular weight is 249 g/mol. The van der Waals surface area contributed by atoms with Crippen LogP contribution < -0.4 is 5.32 Å². The summed E-state index contributed by atoms with van der Waals surface area (Å²) in [5.41, 5.74) is 1.18. The van der Waals surface area contributed by atoms with Gasteiger partial charge < -0.3 is 10.2 Å². The molecule has 1 aromatic heterocycles. The van der Waals surface area contributed by atoms with E-state index in [1.807, 2.05) is 12.3 Å². The topological polar surface area (TPSA) is 28.2 Å². The van der Waals surface area contributed by atoms with E-state index in [4.69, 9.17) is 0 Å². The van der Waals surface area contributed by atoms with E-state index in [1.54, 1.807) is 0 Å². The molecule has 1 aromatic rings. The predicted molar refractivity (Wildman–Crippen MR) is 77.8 cm³/mol.